The van der Waals surface area contributed by atoms with Gasteiger partial charge in [-0.1, -0.05) is 48.5 Å². The first-order valence-corrected chi connectivity index (χ1v) is 10.2. The van der Waals surface area contributed by atoms with Gasteiger partial charge in [-0.3, -0.25) is 9.78 Å². The molecule has 0 atom stereocenters. The van der Waals surface area contributed by atoms with E-state index in [2.05, 4.69) is 34.1 Å². The molecule has 0 amide bonds. The fourth-order valence-electron chi connectivity index (χ4n) is 3.51. The van der Waals surface area contributed by atoms with Gasteiger partial charge in [0.25, 0.3) is 0 Å². The molecular weight excluding hydrogens is 388 g/mol. The van der Waals surface area contributed by atoms with Crippen LogP contribution in [0.1, 0.15) is 23.2 Å². The SMILES string of the molecule is O=C(O)CCc1cn(Cc2ccc(OCc3ccccn3)cc2)cc1-c1ccccc1. The quantitative estimate of drug-likeness (QED) is 0.411. The molecule has 156 valence electrons. The van der Waals surface area contributed by atoms with Crippen molar-refractivity contribution >= 4 is 5.97 Å². The lowest BCUT2D eigenvalue weighted by atomic mass is 10.0. The van der Waals surface area contributed by atoms with E-state index in [1.807, 2.05) is 60.7 Å². The summed E-state index contributed by atoms with van der Waals surface area (Å²) in [6, 6.07) is 23.9. The number of rotatable bonds is 9. The van der Waals surface area contributed by atoms with E-state index in [0.29, 0.717) is 19.6 Å². The summed E-state index contributed by atoms with van der Waals surface area (Å²) in [5, 5.41) is 9.10. The summed E-state index contributed by atoms with van der Waals surface area (Å²) in [6.45, 7) is 1.14. The molecule has 0 aliphatic carbocycles. The van der Waals surface area contributed by atoms with Crippen LogP contribution in [0, 0.1) is 0 Å². The van der Waals surface area contributed by atoms with Crippen molar-refractivity contribution in [3.05, 3.63) is 108 Å². The van der Waals surface area contributed by atoms with Gasteiger partial charge in [0.05, 0.1) is 5.69 Å². The number of carboxylic acid groups (broad SMARTS) is 1. The van der Waals surface area contributed by atoms with Gasteiger partial charge in [0, 0.05) is 37.1 Å². The van der Waals surface area contributed by atoms with Gasteiger partial charge < -0.3 is 14.4 Å². The van der Waals surface area contributed by atoms with Gasteiger partial charge in [0.2, 0.25) is 0 Å². The third-order valence-electron chi connectivity index (χ3n) is 5.06. The molecule has 0 spiro atoms. The lowest BCUT2D eigenvalue weighted by Gasteiger charge is -2.08. The van der Waals surface area contributed by atoms with Gasteiger partial charge >= 0.3 is 5.97 Å². The highest BCUT2D eigenvalue weighted by Crippen LogP contribution is 2.26. The van der Waals surface area contributed by atoms with Crippen molar-refractivity contribution in [3.63, 3.8) is 0 Å². The van der Waals surface area contributed by atoms with Crippen molar-refractivity contribution in [1.29, 1.82) is 0 Å². The van der Waals surface area contributed by atoms with Crippen molar-refractivity contribution < 1.29 is 14.6 Å². The van der Waals surface area contributed by atoms with Gasteiger partial charge in [-0.05, 0) is 47.4 Å². The molecule has 1 N–H and O–H groups in total. The van der Waals surface area contributed by atoms with Crippen LogP contribution in [0.5, 0.6) is 5.75 Å². The third kappa shape index (κ3) is 5.60. The molecule has 0 unspecified atom stereocenters. The average Bonchev–Trinajstić information content (AvgIpc) is 3.21. The predicted octanol–water partition coefficient (Wildman–Crippen LogP) is 5.19. The number of aliphatic carboxylic acids is 1. The van der Waals surface area contributed by atoms with Crippen LogP contribution in [0.4, 0.5) is 0 Å². The predicted molar refractivity (Wildman–Crippen MR) is 120 cm³/mol. The smallest absolute Gasteiger partial charge is 0.303 e. The highest BCUT2D eigenvalue weighted by atomic mass is 16.5. The Morgan fingerprint density at radius 2 is 1.71 bits per heavy atom. The van der Waals surface area contributed by atoms with E-state index >= 15 is 0 Å². The number of carbonyl (C=O) groups is 1. The fraction of sp³-hybridized carbons (Fsp3) is 0.154. The molecule has 0 saturated carbocycles. The monoisotopic (exact) mass is 412 g/mol. The summed E-state index contributed by atoms with van der Waals surface area (Å²) in [5.41, 5.74) is 5.26. The van der Waals surface area contributed by atoms with Gasteiger partial charge in [-0.25, -0.2) is 0 Å². The molecule has 2 heterocycles. The van der Waals surface area contributed by atoms with Crippen LogP contribution in [-0.2, 0) is 24.4 Å². The summed E-state index contributed by atoms with van der Waals surface area (Å²) in [4.78, 5) is 15.3. The summed E-state index contributed by atoms with van der Waals surface area (Å²) < 4.78 is 7.92. The molecule has 2 aromatic carbocycles. The van der Waals surface area contributed by atoms with Gasteiger partial charge in [-0.2, -0.15) is 0 Å². The normalized spacial score (nSPS) is 10.7. The summed E-state index contributed by atoms with van der Waals surface area (Å²) in [7, 11) is 0. The van der Waals surface area contributed by atoms with E-state index in [0.717, 1.165) is 33.7 Å². The molecule has 5 heteroatoms. The first-order valence-electron chi connectivity index (χ1n) is 10.2. The average molecular weight is 412 g/mol. The van der Waals surface area contributed by atoms with E-state index in [4.69, 9.17) is 9.84 Å². The van der Waals surface area contributed by atoms with Crippen molar-refractivity contribution in [2.75, 3.05) is 0 Å². The molecule has 0 aliphatic heterocycles. The van der Waals surface area contributed by atoms with Crippen LogP contribution in [-0.4, -0.2) is 20.6 Å². The number of pyridine rings is 1. The standard InChI is InChI=1S/C26H24N2O3/c29-26(30)14-11-22-17-28(18-25(22)21-6-2-1-3-7-21)16-20-9-12-24(13-10-20)31-19-23-8-4-5-15-27-23/h1-10,12-13,15,17-18H,11,14,16,19H2,(H,29,30). The molecule has 5 nitrogen and oxygen atoms in total. The van der Waals surface area contributed by atoms with E-state index in [-0.39, 0.29) is 6.42 Å². The number of aromatic nitrogens is 2. The minimum Gasteiger partial charge on any atom is -0.487 e. The largest absolute Gasteiger partial charge is 0.487 e. The lowest BCUT2D eigenvalue weighted by molar-refractivity contribution is -0.136. The van der Waals surface area contributed by atoms with Gasteiger partial charge in [0.1, 0.15) is 12.4 Å². The third-order valence-corrected chi connectivity index (χ3v) is 5.06. The summed E-state index contributed by atoms with van der Waals surface area (Å²) in [6.07, 6.45) is 6.53. The van der Waals surface area contributed by atoms with Gasteiger partial charge in [0.15, 0.2) is 0 Å². The maximum atomic E-state index is 11.1. The second-order valence-corrected chi connectivity index (χ2v) is 7.38. The molecule has 0 saturated heterocycles. The number of carboxylic acids is 1. The molecule has 2 aromatic heterocycles. The van der Waals surface area contributed by atoms with Crippen LogP contribution >= 0.6 is 0 Å². The van der Waals surface area contributed by atoms with Crippen LogP contribution in [0.25, 0.3) is 11.1 Å². The molecule has 4 aromatic rings. The van der Waals surface area contributed by atoms with Crippen LogP contribution in [0.15, 0.2) is 91.4 Å². The zero-order valence-electron chi connectivity index (χ0n) is 17.1. The Kier molecular flexibility index (Phi) is 6.43. The van der Waals surface area contributed by atoms with Crippen molar-refractivity contribution in [1.82, 2.24) is 9.55 Å². The highest BCUT2D eigenvalue weighted by molar-refractivity contribution is 5.70. The maximum absolute atomic E-state index is 11.1. The van der Waals surface area contributed by atoms with Crippen LogP contribution in [0.2, 0.25) is 0 Å². The first-order chi connectivity index (χ1) is 15.2. The fourth-order valence-corrected chi connectivity index (χ4v) is 3.51. The second-order valence-electron chi connectivity index (χ2n) is 7.38. The topological polar surface area (TPSA) is 64.3 Å². The molecule has 0 fully saturated rings. The number of aryl methyl sites for hydroxylation is 1. The number of benzene rings is 2. The summed E-state index contributed by atoms with van der Waals surface area (Å²) >= 11 is 0. The van der Waals surface area contributed by atoms with Crippen molar-refractivity contribution in [2.45, 2.75) is 26.0 Å². The Bertz CT molecular complexity index is 1120. The van der Waals surface area contributed by atoms with E-state index in [1.165, 1.54) is 0 Å². The molecule has 0 radical (unpaired) electrons. The number of ether oxygens (including phenoxy) is 1. The second kappa shape index (κ2) is 9.76. The number of nitrogens with zero attached hydrogens (tertiary/aromatic N) is 2. The van der Waals surface area contributed by atoms with E-state index < -0.39 is 5.97 Å². The summed E-state index contributed by atoms with van der Waals surface area (Å²) in [5.74, 6) is 0.0158. The minimum atomic E-state index is -0.784. The van der Waals surface area contributed by atoms with Crippen molar-refractivity contribution in [3.8, 4) is 16.9 Å². The Morgan fingerprint density at radius 3 is 2.42 bits per heavy atom. The Morgan fingerprint density at radius 1 is 0.935 bits per heavy atom. The van der Waals surface area contributed by atoms with Gasteiger partial charge in [-0.15, -0.1) is 0 Å². The van der Waals surface area contributed by atoms with E-state index in [1.54, 1.807) is 6.20 Å². The zero-order chi connectivity index (χ0) is 21.5. The lowest BCUT2D eigenvalue weighted by Crippen LogP contribution is -1.99. The molecule has 4 rings (SSSR count). The Labute approximate surface area is 181 Å². The molecular formula is C26H24N2O3. The van der Waals surface area contributed by atoms with Crippen LogP contribution < -0.4 is 4.74 Å². The first kappa shape index (κ1) is 20.4. The highest BCUT2D eigenvalue weighted by Gasteiger charge is 2.11. The Balaban J connectivity index is 1.46. The Hall–Kier alpha value is -3.86. The minimum absolute atomic E-state index is 0.117. The van der Waals surface area contributed by atoms with E-state index in [9.17, 15) is 4.79 Å². The van der Waals surface area contributed by atoms with Crippen LogP contribution in [0.3, 0.4) is 0 Å². The number of hydrogen-bond acceptors (Lipinski definition) is 3. The molecule has 0 bridgehead atoms. The maximum Gasteiger partial charge on any atom is 0.303 e. The molecule has 0 aliphatic rings. The zero-order valence-corrected chi connectivity index (χ0v) is 17.1. The number of hydrogen-bond donors (Lipinski definition) is 1. The molecule has 31 heavy (non-hydrogen) atoms. The van der Waals surface area contributed by atoms with Crippen molar-refractivity contribution in [2.24, 2.45) is 0 Å².